The van der Waals surface area contributed by atoms with E-state index in [2.05, 4.69) is 27.4 Å². The first-order valence-electron chi connectivity index (χ1n) is 4.16. The van der Waals surface area contributed by atoms with Crippen LogP contribution in [0, 0.1) is 5.92 Å². The summed E-state index contributed by atoms with van der Waals surface area (Å²) in [4.78, 5) is 0. The molecule has 0 aromatic heterocycles. The summed E-state index contributed by atoms with van der Waals surface area (Å²) in [6.07, 6.45) is 1.00. The highest BCUT2D eigenvalue weighted by atomic mass is 16.5. The molecule has 2 N–H and O–H groups in total. The standard InChI is InChI=1S/C9H19NO/c1-5-6-11-8(4)9(10)7(2)3/h7,9H,4-6,10H2,1-3H3. The Morgan fingerprint density at radius 1 is 1.55 bits per heavy atom. The minimum absolute atomic E-state index is 0.0263. The Morgan fingerprint density at radius 2 is 2.09 bits per heavy atom. The molecule has 0 aromatic carbocycles. The maximum atomic E-state index is 5.78. The minimum Gasteiger partial charge on any atom is -0.497 e. The number of rotatable bonds is 5. The zero-order valence-electron chi connectivity index (χ0n) is 7.76. The van der Waals surface area contributed by atoms with Gasteiger partial charge in [0.2, 0.25) is 0 Å². The summed E-state index contributed by atoms with van der Waals surface area (Å²) in [7, 11) is 0. The second-order valence-electron chi connectivity index (χ2n) is 3.08. The summed E-state index contributed by atoms with van der Waals surface area (Å²) in [6, 6.07) is -0.0263. The zero-order valence-corrected chi connectivity index (χ0v) is 7.76. The lowest BCUT2D eigenvalue weighted by Gasteiger charge is -2.18. The number of ether oxygens (including phenoxy) is 1. The van der Waals surface area contributed by atoms with E-state index in [1.807, 2.05) is 0 Å². The van der Waals surface area contributed by atoms with Gasteiger partial charge in [-0.05, 0) is 12.3 Å². The predicted molar refractivity (Wildman–Crippen MR) is 48.2 cm³/mol. The van der Waals surface area contributed by atoms with Crippen molar-refractivity contribution in [1.82, 2.24) is 0 Å². The fourth-order valence-corrected chi connectivity index (χ4v) is 0.701. The van der Waals surface area contributed by atoms with Gasteiger partial charge < -0.3 is 10.5 Å². The smallest absolute Gasteiger partial charge is 0.106 e. The maximum Gasteiger partial charge on any atom is 0.106 e. The summed E-state index contributed by atoms with van der Waals surface area (Å²) in [6.45, 7) is 10.7. The quantitative estimate of drug-likeness (QED) is 0.619. The lowest BCUT2D eigenvalue weighted by molar-refractivity contribution is 0.185. The molecule has 0 rings (SSSR count). The Hall–Kier alpha value is -0.500. The molecule has 0 aliphatic heterocycles. The molecule has 0 radical (unpaired) electrons. The second kappa shape index (κ2) is 5.19. The molecule has 0 aromatic rings. The van der Waals surface area contributed by atoms with Crippen LogP contribution in [0.4, 0.5) is 0 Å². The van der Waals surface area contributed by atoms with Crippen LogP contribution in [0.3, 0.4) is 0 Å². The van der Waals surface area contributed by atoms with E-state index in [0.717, 1.165) is 13.0 Å². The molecular weight excluding hydrogens is 138 g/mol. The van der Waals surface area contributed by atoms with Gasteiger partial charge in [0.05, 0.1) is 12.6 Å². The van der Waals surface area contributed by atoms with Gasteiger partial charge in [0.1, 0.15) is 5.76 Å². The highest BCUT2D eigenvalue weighted by Crippen LogP contribution is 2.08. The van der Waals surface area contributed by atoms with E-state index in [4.69, 9.17) is 10.5 Å². The molecule has 11 heavy (non-hydrogen) atoms. The van der Waals surface area contributed by atoms with Crippen molar-refractivity contribution in [3.63, 3.8) is 0 Å². The fraction of sp³-hybridized carbons (Fsp3) is 0.778. The third kappa shape index (κ3) is 4.04. The minimum atomic E-state index is -0.0263. The molecule has 2 nitrogen and oxygen atoms in total. The summed E-state index contributed by atoms with van der Waals surface area (Å²) in [5, 5.41) is 0. The van der Waals surface area contributed by atoms with E-state index in [9.17, 15) is 0 Å². The monoisotopic (exact) mass is 157 g/mol. The molecule has 0 aliphatic carbocycles. The normalized spacial score (nSPS) is 13.2. The van der Waals surface area contributed by atoms with Crippen molar-refractivity contribution in [1.29, 1.82) is 0 Å². The molecule has 0 heterocycles. The van der Waals surface area contributed by atoms with Crippen molar-refractivity contribution < 1.29 is 4.74 Å². The van der Waals surface area contributed by atoms with Gasteiger partial charge in [-0.1, -0.05) is 27.4 Å². The van der Waals surface area contributed by atoms with Gasteiger partial charge in [-0.3, -0.25) is 0 Å². The Labute approximate surface area is 69.4 Å². The fourth-order valence-electron chi connectivity index (χ4n) is 0.701. The van der Waals surface area contributed by atoms with E-state index in [0.29, 0.717) is 11.7 Å². The van der Waals surface area contributed by atoms with Crippen LogP contribution in [0.2, 0.25) is 0 Å². The molecule has 66 valence electrons. The van der Waals surface area contributed by atoms with Crippen LogP contribution in [-0.4, -0.2) is 12.6 Å². The maximum absolute atomic E-state index is 5.78. The summed E-state index contributed by atoms with van der Waals surface area (Å²) >= 11 is 0. The van der Waals surface area contributed by atoms with Crippen LogP contribution < -0.4 is 5.73 Å². The molecule has 0 saturated heterocycles. The van der Waals surface area contributed by atoms with Crippen molar-refractivity contribution in [2.24, 2.45) is 11.7 Å². The Balaban J connectivity index is 3.64. The lowest BCUT2D eigenvalue weighted by atomic mass is 10.0. The lowest BCUT2D eigenvalue weighted by Crippen LogP contribution is -2.29. The Morgan fingerprint density at radius 3 is 2.45 bits per heavy atom. The zero-order chi connectivity index (χ0) is 8.85. The molecule has 1 atom stereocenters. The third-order valence-electron chi connectivity index (χ3n) is 1.58. The van der Waals surface area contributed by atoms with Crippen molar-refractivity contribution in [2.45, 2.75) is 33.2 Å². The van der Waals surface area contributed by atoms with Gasteiger partial charge in [0.15, 0.2) is 0 Å². The van der Waals surface area contributed by atoms with Crippen LogP contribution in [0.25, 0.3) is 0 Å². The second-order valence-corrected chi connectivity index (χ2v) is 3.08. The molecule has 0 bridgehead atoms. The average Bonchev–Trinajstić information content (AvgIpc) is 1.98. The van der Waals surface area contributed by atoms with Crippen LogP contribution in [-0.2, 0) is 4.74 Å². The highest BCUT2D eigenvalue weighted by Gasteiger charge is 2.11. The molecule has 0 spiro atoms. The molecule has 0 aliphatic rings. The SMILES string of the molecule is C=C(OCCC)C(N)C(C)C. The van der Waals surface area contributed by atoms with E-state index >= 15 is 0 Å². The molecule has 0 fully saturated rings. The van der Waals surface area contributed by atoms with Crippen molar-refractivity contribution in [3.05, 3.63) is 12.3 Å². The first kappa shape index (κ1) is 10.5. The van der Waals surface area contributed by atoms with E-state index in [-0.39, 0.29) is 6.04 Å². The predicted octanol–water partition coefficient (Wildman–Crippen LogP) is 1.91. The van der Waals surface area contributed by atoms with Crippen LogP contribution in [0.15, 0.2) is 12.3 Å². The van der Waals surface area contributed by atoms with Crippen molar-refractivity contribution in [2.75, 3.05) is 6.61 Å². The highest BCUT2D eigenvalue weighted by molar-refractivity contribution is 4.96. The Kier molecular flexibility index (Phi) is 4.95. The topological polar surface area (TPSA) is 35.2 Å². The van der Waals surface area contributed by atoms with Gasteiger partial charge in [-0.2, -0.15) is 0 Å². The molecular formula is C9H19NO. The van der Waals surface area contributed by atoms with E-state index in [1.54, 1.807) is 0 Å². The molecule has 0 saturated carbocycles. The summed E-state index contributed by atoms with van der Waals surface area (Å²) in [5.74, 6) is 1.11. The molecule has 0 amide bonds. The van der Waals surface area contributed by atoms with E-state index in [1.165, 1.54) is 0 Å². The number of hydrogen-bond acceptors (Lipinski definition) is 2. The van der Waals surface area contributed by atoms with Gasteiger partial charge in [-0.25, -0.2) is 0 Å². The molecule has 2 heteroatoms. The van der Waals surface area contributed by atoms with Gasteiger partial charge in [0.25, 0.3) is 0 Å². The Bertz CT molecular complexity index is 121. The van der Waals surface area contributed by atoms with E-state index < -0.39 is 0 Å². The van der Waals surface area contributed by atoms with Gasteiger partial charge in [-0.15, -0.1) is 0 Å². The first-order chi connectivity index (χ1) is 5.09. The number of nitrogens with two attached hydrogens (primary N) is 1. The van der Waals surface area contributed by atoms with Gasteiger partial charge in [0, 0.05) is 0 Å². The number of hydrogen-bond donors (Lipinski definition) is 1. The first-order valence-corrected chi connectivity index (χ1v) is 4.16. The molecule has 1 unspecified atom stereocenters. The largest absolute Gasteiger partial charge is 0.497 e. The summed E-state index contributed by atoms with van der Waals surface area (Å²) < 4.78 is 5.29. The van der Waals surface area contributed by atoms with Gasteiger partial charge >= 0.3 is 0 Å². The van der Waals surface area contributed by atoms with Crippen LogP contribution >= 0.6 is 0 Å². The van der Waals surface area contributed by atoms with Crippen LogP contribution in [0.5, 0.6) is 0 Å². The average molecular weight is 157 g/mol. The third-order valence-corrected chi connectivity index (χ3v) is 1.58. The summed E-state index contributed by atoms with van der Waals surface area (Å²) in [5.41, 5.74) is 5.78. The van der Waals surface area contributed by atoms with Crippen LogP contribution in [0.1, 0.15) is 27.2 Å². The van der Waals surface area contributed by atoms with Crippen molar-refractivity contribution in [3.8, 4) is 0 Å². The van der Waals surface area contributed by atoms with Crippen molar-refractivity contribution >= 4 is 0 Å².